The van der Waals surface area contributed by atoms with Gasteiger partial charge >= 0.3 is 6.09 Å². The number of carbonyl (C=O) groups excluding carboxylic acids is 2. The number of cyclic esters (lactones) is 1. The fourth-order valence-corrected chi connectivity index (χ4v) is 4.85. The summed E-state index contributed by atoms with van der Waals surface area (Å²) in [6.07, 6.45) is 5.71. The molecule has 3 saturated heterocycles. The number of benzene rings is 1. The molecular formula is C25H28ClN3O5. The number of nitrogens with zero attached hydrogens (tertiary/aromatic N) is 2. The van der Waals surface area contributed by atoms with E-state index < -0.39 is 0 Å². The molecule has 5 rings (SSSR count). The van der Waals surface area contributed by atoms with E-state index in [4.69, 9.17) is 25.8 Å². The summed E-state index contributed by atoms with van der Waals surface area (Å²) >= 11 is 5.93. The highest BCUT2D eigenvalue weighted by molar-refractivity contribution is 6.30. The summed E-state index contributed by atoms with van der Waals surface area (Å²) in [6.45, 7) is 2.15. The largest absolute Gasteiger partial charge is 0.490 e. The number of piperidine rings is 1. The SMILES string of the molecule is O=C(NCc1ccc(Cl)cc1)c1cc(O[C@H]2CCN3C(=O)OC[C@@H]3C2)c(CC2CCCO2)cn1. The van der Waals surface area contributed by atoms with Gasteiger partial charge in [-0.3, -0.25) is 9.78 Å². The molecule has 34 heavy (non-hydrogen) atoms. The average molecular weight is 486 g/mol. The van der Waals surface area contributed by atoms with Crippen LogP contribution in [0.25, 0.3) is 0 Å². The summed E-state index contributed by atoms with van der Waals surface area (Å²) < 4.78 is 17.4. The van der Waals surface area contributed by atoms with Crippen molar-refractivity contribution in [3.05, 3.63) is 58.4 Å². The highest BCUT2D eigenvalue weighted by Gasteiger charge is 2.39. The first-order valence-corrected chi connectivity index (χ1v) is 12.2. The van der Waals surface area contributed by atoms with Gasteiger partial charge in [0.2, 0.25) is 0 Å². The number of ether oxygens (including phenoxy) is 3. The van der Waals surface area contributed by atoms with Gasteiger partial charge in [-0.05, 0) is 30.5 Å². The zero-order chi connectivity index (χ0) is 23.5. The Morgan fingerprint density at radius 3 is 2.91 bits per heavy atom. The molecular weight excluding hydrogens is 458 g/mol. The van der Waals surface area contributed by atoms with Crippen LogP contribution in [0.15, 0.2) is 36.5 Å². The van der Waals surface area contributed by atoms with Gasteiger partial charge in [0.25, 0.3) is 5.91 Å². The van der Waals surface area contributed by atoms with Crippen molar-refractivity contribution in [2.24, 2.45) is 0 Å². The van der Waals surface area contributed by atoms with Crippen molar-refractivity contribution in [2.45, 2.75) is 56.9 Å². The van der Waals surface area contributed by atoms with Crippen molar-refractivity contribution in [3.8, 4) is 5.75 Å². The van der Waals surface area contributed by atoms with Crippen molar-refractivity contribution in [1.29, 1.82) is 0 Å². The summed E-state index contributed by atoms with van der Waals surface area (Å²) in [7, 11) is 0. The van der Waals surface area contributed by atoms with Crippen molar-refractivity contribution in [2.75, 3.05) is 19.8 Å². The third kappa shape index (κ3) is 5.28. The molecule has 1 aromatic heterocycles. The van der Waals surface area contributed by atoms with Crippen LogP contribution in [-0.4, -0.2) is 59.9 Å². The van der Waals surface area contributed by atoms with Crippen LogP contribution in [-0.2, 0) is 22.4 Å². The highest BCUT2D eigenvalue weighted by Crippen LogP contribution is 2.30. The van der Waals surface area contributed by atoms with Crippen LogP contribution >= 0.6 is 11.6 Å². The molecule has 3 fully saturated rings. The predicted octanol–water partition coefficient (Wildman–Crippen LogP) is 3.75. The van der Waals surface area contributed by atoms with Gasteiger partial charge in [0.1, 0.15) is 24.2 Å². The maximum Gasteiger partial charge on any atom is 0.410 e. The first-order valence-electron chi connectivity index (χ1n) is 11.8. The van der Waals surface area contributed by atoms with Crippen LogP contribution in [0.5, 0.6) is 5.75 Å². The van der Waals surface area contributed by atoms with Gasteiger partial charge in [0.05, 0.1) is 12.1 Å². The third-order valence-electron chi connectivity index (χ3n) is 6.61. The molecule has 0 aliphatic carbocycles. The maximum absolute atomic E-state index is 12.8. The lowest BCUT2D eigenvalue weighted by molar-refractivity contribution is 0.0881. The zero-order valence-electron chi connectivity index (χ0n) is 18.9. The number of pyridine rings is 1. The fraction of sp³-hybridized carbons (Fsp3) is 0.480. The number of amides is 2. The Kier molecular flexibility index (Phi) is 6.87. The van der Waals surface area contributed by atoms with E-state index in [0.29, 0.717) is 55.4 Å². The molecule has 180 valence electrons. The van der Waals surface area contributed by atoms with E-state index in [-0.39, 0.29) is 30.3 Å². The Balaban J connectivity index is 1.29. The van der Waals surface area contributed by atoms with Crippen LogP contribution in [0.4, 0.5) is 4.79 Å². The Morgan fingerprint density at radius 2 is 2.12 bits per heavy atom. The second-order valence-corrected chi connectivity index (χ2v) is 9.45. The lowest BCUT2D eigenvalue weighted by Gasteiger charge is -2.33. The minimum Gasteiger partial charge on any atom is -0.490 e. The molecule has 3 aliphatic heterocycles. The van der Waals surface area contributed by atoms with Crippen molar-refractivity contribution in [3.63, 3.8) is 0 Å². The Labute approximate surface area is 203 Å². The van der Waals surface area contributed by atoms with E-state index in [0.717, 1.165) is 30.6 Å². The number of nitrogens with one attached hydrogen (secondary N) is 1. The number of carbonyl (C=O) groups is 2. The summed E-state index contributed by atoms with van der Waals surface area (Å²) in [4.78, 5) is 30.8. The lowest BCUT2D eigenvalue weighted by Crippen LogP contribution is -2.44. The normalized spacial score (nSPS) is 24.0. The molecule has 3 atom stereocenters. The van der Waals surface area contributed by atoms with E-state index in [1.807, 2.05) is 12.1 Å². The monoisotopic (exact) mass is 485 g/mol. The Bertz CT molecular complexity index is 1040. The zero-order valence-corrected chi connectivity index (χ0v) is 19.6. The Morgan fingerprint density at radius 1 is 1.26 bits per heavy atom. The molecule has 0 radical (unpaired) electrons. The summed E-state index contributed by atoms with van der Waals surface area (Å²) in [5.41, 5.74) is 2.18. The van der Waals surface area contributed by atoms with Crippen molar-refractivity contribution >= 4 is 23.6 Å². The molecule has 1 N–H and O–H groups in total. The molecule has 2 aromatic rings. The molecule has 8 nitrogen and oxygen atoms in total. The van der Waals surface area contributed by atoms with Crippen LogP contribution in [0.3, 0.4) is 0 Å². The summed E-state index contributed by atoms with van der Waals surface area (Å²) in [5.74, 6) is 0.388. The minimum atomic E-state index is -0.270. The number of fused-ring (bicyclic) bond motifs is 1. The van der Waals surface area contributed by atoms with Gasteiger partial charge in [-0.2, -0.15) is 0 Å². The van der Waals surface area contributed by atoms with Crippen LogP contribution in [0.1, 0.15) is 47.3 Å². The molecule has 9 heteroatoms. The van der Waals surface area contributed by atoms with Crippen molar-refractivity contribution < 1.29 is 23.8 Å². The third-order valence-corrected chi connectivity index (χ3v) is 6.86. The molecule has 0 spiro atoms. The van der Waals surface area contributed by atoms with E-state index in [1.54, 1.807) is 29.3 Å². The smallest absolute Gasteiger partial charge is 0.410 e. The van der Waals surface area contributed by atoms with Crippen LogP contribution in [0.2, 0.25) is 5.02 Å². The number of hydrogen-bond donors (Lipinski definition) is 1. The summed E-state index contributed by atoms with van der Waals surface area (Å²) in [5, 5.41) is 3.56. The highest BCUT2D eigenvalue weighted by atomic mass is 35.5. The number of rotatable bonds is 7. The maximum atomic E-state index is 12.8. The van der Waals surface area contributed by atoms with Gasteiger partial charge in [0, 0.05) is 61.8 Å². The first kappa shape index (κ1) is 22.9. The quantitative estimate of drug-likeness (QED) is 0.642. The van der Waals surface area contributed by atoms with Gasteiger partial charge in [0.15, 0.2) is 0 Å². The molecule has 0 saturated carbocycles. The van der Waals surface area contributed by atoms with Crippen LogP contribution < -0.4 is 10.1 Å². The molecule has 0 bridgehead atoms. The fourth-order valence-electron chi connectivity index (χ4n) is 4.73. The predicted molar refractivity (Wildman–Crippen MR) is 125 cm³/mol. The molecule has 3 aliphatic rings. The lowest BCUT2D eigenvalue weighted by atomic mass is 10.0. The Hall–Kier alpha value is -2.84. The molecule has 1 aromatic carbocycles. The van der Waals surface area contributed by atoms with Gasteiger partial charge in [-0.25, -0.2) is 4.79 Å². The van der Waals surface area contributed by atoms with Gasteiger partial charge < -0.3 is 24.4 Å². The standard InChI is InChI=1S/C25H28ClN3O5/c26-18-5-3-16(4-6-18)13-28-24(30)22-12-23(17(14-27-22)10-20-2-1-9-32-20)34-21-7-8-29-19(11-21)15-33-25(29)31/h3-6,12,14,19-21H,1-2,7-11,13,15H2,(H,28,30)/t19-,20?,21-/m0/s1. The second-order valence-electron chi connectivity index (χ2n) is 9.01. The van der Waals surface area contributed by atoms with E-state index in [2.05, 4.69) is 10.3 Å². The summed E-state index contributed by atoms with van der Waals surface area (Å²) in [6, 6.07) is 9.10. The average Bonchev–Trinajstić information content (AvgIpc) is 3.49. The minimum absolute atomic E-state index is 0.0387. The number of aromatic nitrogens is 1. The van der Waals surface area contributed by atoms with Crippen molar-refractivity contribution in [1.82, 2.24) is 15.2 Å². The van der Waals surface area contributed by atoms with E-state index in [9.17, 15) is 9.59 Å². The molecule has 1 unspecified atom stereocenters. The topological polar surface area (TPSA) is 90.0 Å². The van der Waals surface area contributed by atoms with E-state index >= 15 is 0 Å². The number of halogens is 1. The van der Waals surface area contributed by atoms with Gasteiger partial charge in [-0.15, -0.1) is 0 Å². The second kappa shape index (κ2) is 10.2. The van der Waals surface area contributed by atoms with Gasteiger partial charge in [-0.1, -0.05) is 23.7 Å². The van der Waals surface area contributed by atoms with E-state index in [1.165, 1.54) is 0 Å². The number of hydrogen-bond acceptors (Lipinski definition) is 6. The molecule has 4 heterocycles. The van der Waals surface area contributed by atoms with Crippen LogP contribution in [0, 0.1) is 0 Å². The first-order chi connectivity index (χ1) is 16.5. The molecule has 2 amide bonds.